The molecule has 96 valence electrons. The van der Waals surface area contributed by atoms with Gasteiger partial charge in [0.1, 0.15) is 23.7 Å². The lowest BCUT2D eigenvalue weighted by Gasteiger charge is -2.11. The van der Waals surface area contributed by atoms with Crippen LogP contribution in [0.5, 0.6) is 11.5 Å². The molecule has 0 saturated carbocycles. The van der Waals surface area contributed by atoms with Crippen LogP contribution in [0.15, 0.2) is 24.5 Å². The lowest BCUT2D eigenvalue weighted by Crippen LogP contribution is -2.04. The molecule has 1 aromatic heterocycles. The Morgan fingerprint density at radius 1 is 1.28 bits per heavy atom. The number of rotatable bonds is 5. The Labute approximate surface area is 110 Å². The van der Waals surface area contributed by atoms with E-state index in [2.05, 4.69) is 10.2 Å². The Hall–Kier alpha value is -1.75. The van der Waals surface area contributed by atoms with Gasteiger partial charge in [-0.25, -0.2) is 0 Å². The molecular formula is C12H14ClN3O2. The highest BCUT2D eigenvalue weighted by Crippen LogP contribution is 2.25. The summed E-state index contributed by atoms with van der Waals surface area (Å²) >= 11 is 5.79. The fraction of sp³-hybridized carbons (Fsp3) is 0.333. The highest BCUT2D eigenvalue weighted by Gasteiger charge is 2.08. The van der Waals surface area contributed by atoms with Gasteiger partial charge >= 0.3 is 0 Å². The maximum Gasteiger partial charge on any atom is 0.148 e. The van der Waals surface area contributed by atoms with Gasteiger partial charge in [0.2, 0.25) is 0 Å². The Bertz CT molecular complexity index is 528. The molecule has 0 aliphatic carbocycles. The third kappa shape index (κ3) is 2.56. The molecule has 0 amide bonds. The summed E-state index contributed by atoms with van der Waals surface area (Å²) in [5, 5.41) is 7.78. The van der Waals surface area contributed by atoms with E-state index in [0.29, 0.717) is 12.4 Å². The van der Waals surface area contributed by atoms with E-state index in [-0.39, 0.29) is 0 Å². The Kier molecular flexibility index (Phi) is 4.04. The van der Waals surface area contributed by atoms with Crippen molar-refractivity contribution in [3.05, 3.63) is 35.9 Å². The number of benzene rings is 1. The molecule has 0 bridgehead atoms. The van der Waals surface area contributed by atoms with Crippen molar-refractivity contribution in [2.45, 2.75) is 12.4 Å². The van der Waals surface area contributed by atoms with Crippen LogP contribution >= 0.6 is 11.6 Å². The summed E-state index contributed by atoms with van der Waals surface area (Å²) in [5.74, 6) is 2.59. The molecule has 2 rings (SSSR count). The number of nitrogens with zero attached hydrogens (tertiary/aromatic N) is 3. The van der Waals surface area contributed by atoms with Gasteiger partial charge in [0.15, 0.2) is 0 Å². The molecule has 0 atom stereocenters. The van der Waals surface area contributed by atoms with E-state index in [1.54, 1.807) is 20.5 Å². The maximum atomic E-state index is 5.79. The van der Waals surface area contributed by atoms with Crippen molar-refractivity contribution in [2.75, 3.05) is 14.2 Å². The largest absolute Gasteiger partial charge is 0.497 e. The summed E-state index contributed by atoms with van der Waals surface area (Å²) in [5.41, 5.74) is 1.02. The SMILES string of the molecule is COc1ccc(Cn2cnnc2CCl)c(OC)c1. The van der Waals surface area contributed by atoms with Crippen molar-refractivity contribution in [3.63, 3.8) is 0 Å². The molecular weight excluding hydrogens is 254 g/mol. The zero-order chi connectivity index (χ0) is 13.0. The van der Waals surface area contributed by atoms with Gasteiger partial charge in [-0.15, -0.1) is 21.8 Å². The van der Waals surface area contributed by atoms with Gasteiger partial charge in [-0.05, 0) is 12.1 Å². The van der Waals surface area contributed by atoms with Crippen LogP contribution in [-0.4, -0.2) is 29.0 Å². The van der Waals surface area contributed by atoms with Crippen LogP contribution in [0.4, 0.5) is 0 Å². The van der Waals surface area contributed by atoms with Gasteiger partial charge in [0, 0.05) is 11.6 Å². The normalized spacial score (nSPS) is 10.4. The summed E-state index contributed by atoms with van der Waals surface area (Å²) in [7, 11) is 3.26. The van der Waals surface area contributed by atoms with Crippen molar-refractivity contribution in [3.8, 4) is 11.5 Å². The van der Waals surface area contributed by atoms with Crippen LogP contribution in [0.1, 0.15) is 11.4 Å². The third-order valence-corrected chi connectivity index (χ3v) is 2.89. The monoisotopic (exact) mass is 267 g/mol. The van der Waals surface area contributed by atoms with Crippen LogP contribution < -0.4 is 9.47 Å². The predicted octanol–water partition coefficient (Wildman–Crippen LogP) is 2.08. The average molecular weight is 268 g/mol. The fourth-order valence-corrected chi connectivity index (χ4v) is 1.89. The molecule has 0 unspecified atom stereocenters. The topological polar surface area (TPSA) is 49.2 Å². The van der Waals surface area contributed by atoms with Gasteiger partial charge in [0.25, 0.3) is 0 Å². The summed E-state index contributed by atoms with van der Waals surface area (Å²) in [6.07, 6.45) is 1.65. The summed E-state index contributed by atoms with van der Waals surface area (Å²) in [4.78, 5) is 0. The molecule has 0 N–H and O–H groups in total. The smallest absolute Gasteiger partial charge is 0.148 e. The second-order valence-electron chi connectivity index (χ2n) is 3.69. The molecule has 6 heteroatoms. The van der Waals surface area contributed by atoms with Crippen molar-refractivity contribution < 1.29 is 9.47 Å². The predicted molar refractivity (Wildman–Crippen MR) is 68.2 cm³/mol. The minimum absolute atomic E-state index is 0.332. The van der Waals surface area contributed by atoms with Crippen LogP contribution in [0.3, 0.4) is 0 Å². The molecule has 2 aromatic rings. The molecule has 5 nitrogen and oxygen atoms in total. The molecule has 0 spiro atoms. The molecule has 0 aliphatic rings. The van der Waals surface area contributed by atoms with Crippen molar-refractivity contribution in [1.82, 2.24) is 14.8 Å². The van der Waals surface area contributed by atoms with Gasteiger partial charge in [-0.2, -0.15) is 0 Å². The molecule has 0 fully saturated rings. The van der Waals surface area contributed by atoms with E-state index >= 15 is 0 Å². The second-order valence-corrected chi connectivity index (χ2v) is 3.95. The van der Waals surface area contributed by atoms with Gasteiger partial charge in [-0.3, -0.25) is 0 Å². The van der Waals surface area contributed by atoms with E-state index in [4.69, 9.17) is 21.1 Å². The summed E-state index contributed by atoms with van der Waals surface area (Å²) in [6.45, 7) is 0.613. The van der Waals surface area contributed by atoms with Crippen LogP contribution in [0.2, 0.25) is 0 Å². The minimum Gasteiger partial charge on any atom is -0.497 e. The zero-order valence-corrected chi connectivity index (χ0v) is 11.0. The van der Waals surface area contributed by atoms with Crippen molar-refractivity contribution >= 4 is 11.6 Å². The van der Waals surface area contributed by atoms with Crippen LogP contribution in [0.25, 0.3) is 0 Å². The number of aromatic nitrogens is 3. The maximum absolute atomic E-state index is 5.79. The quantitative estimate of drug-likeness (QED) is 0.779. The van der Waals surface area contributed by atoms with E-state index in [0.717, 1.165) is 22.9 Å². The number of hydrogen-bond acceptors (Lipinski definition) is 4. The van der Waals surface area contributed by atoms with Gasteiger partial charge < -0.3 is 14.0 Å². The molecule has 0 radical (unpaired) electrons. The highest BCUT2D eigenvalue weighted by molar-refractivity contribution is 6.16. The van der Waals surface area contributed by atoms with E-state index in [1.165, 1.54) is 0 Å². The highest BCUT2D eigenvalue weighted by atomic mass is 35.5. The average Bonchev–Trinajstić information content (AvgIpc) is 2.86. The number of alkyl halides is 1. The van der Waals surface area contributed by atoms with Gasteiger partial charge in [-0.1, -0.05) is 0 Å². The second kappa shape index (κ2) is 5.73. The summed E-state index contributed by atoms with van der Waals surface area (Å²) in [6, 6.07) is 5.69. The lowest BCUT2D eigenvalue weighted by atomic mass is 10.2. The first-order valence-corrected chi connectivity index (χ1v) is 5.95. The van der Waals surface area contributed by atoms with Crippen molar-refractivity contribution in [2.24, 2.45) is 0 Å². The first-order chi connectivity index (χ1) is 8.78. The number of ether oxygens (including phenoxy) is 2. The lowest BCUT2D eigenvalue weighted by molar-refractivity contribution is 0.390. The van der Waals surface area contributed by atoms with E-state index in [9.17, 15) is 0 Å². The Balaban J connectivity index is 2.28. The first kappa shape index (κ1) is 12.7. The number of hydrogen-bond donors (Lipinski definition) is 0. The molecule has 0 aliphatic heterocycles. The van der Waals surface area contributed by atoms with E-state index in [1.807, 2.05) is 22.8 Å². The number of halogens is 1. The summed E-state index contributed by atoms with van der Waals surface area (Å²) < 4.78 is 12.4. The minimum atomic E-state index is 0.332. The molecule has 0 saturated heterocycles. The Morgan fingerprint density at radius 2 is 2.11 bits per heavy atom. The molecule has 18 heavy (non-hydrogen) atoms. The fourth-order valence-electron chi connectivity index (χ4n) is 1.68. The molecule has 1 heterocycles. The van der Waals surface area contributed by atoms with Crippen LogP contribution in [0, 0.1) is 0 Å². The molecule has 1 aromatic carbocycles. The third-order valence-electron chi connectivity index (χ3n) is 2.65. The van der Waals surface area contributed by atoms with Crippen molar-refractivity contribution in [1.29, 1.82) is 0 Å². The first-order valence-electron chi connectivity index (χ1n) is 5.42. The standard InChI is InChI=1S/C12H14ClN3O2/c1-17-10-4-3-9(11(5-10)18-2)7-16-8-14-15-12(16)6-13/h3-5,8H,6-7H2,1-2H3. The van der Waals surface area contributed by atoms with Crippen LogP contribution in [-0.2, 0) is 12.4 Å². The number of methoxy groups -OCH3 is 2. The Morgan fingerprint density at radius 3 is 2.78 bits per heavy atom. The van der Waals surface area contributed by atoms with Gasteiger partial charge in [0.05, 0.1) is 26.6 Å². The van der Waals surface area contributed by atoms with E-state index < -0.39 is 0 Å². The zero-order valence-electron chi connectivity index (χ0n) is 10.3.